The highest BCUT2D eigenvalue weighted by atomic mass is 16.6. The third-order valence-electron chi connectivity index (χ3n) is 11.4. The molecule has 0 saturated carbocycles. The Morgan fingerprint density at radius 2 is 1.08 bits per heavy atom. The number of nitrogens with two attached hydrogens (primary N) is 1. The number of ether oxygens (including phenoxy) is 4. The molecule has 0 fully saturated rings. The van der Waals surface area contributed by atoms with Crippen LogP contribution >= 0.6 is 0 Å². The smallest absolute Gasteiger partial charge is 0.407 e. The van der Waals surface area contributed by atoms with Crippen LogP contribution in [0.3, 0.4) is 0 Å². The van der Waals surface area contributed by atoms with E-state index >= 15 is 0 Å². The maximum absolute atomic E-state index is 13.3. The number of anilines is 2. The number of alkyl carbamates (subject to hydrolysis) is 1. The lowest BCUT2D eigenvalue weighted by Crippen LogP contribution is -2.49. The Morgan fingerprint density at radius 3 is 1.53 bits per heavy atom. The standard InChI is InChI=1S/C35H46N6O9.C20H27N5O4/c1-21-29(22(2)40-33(39-21)36-13-8-11-23-10-7-12-25(42)16-23)31(45)41-28(32(46)48-6)20-38-30(44)24-17-26(43)19-27(18-24)49-15-9-14-37-34(47)50-35(3,4)5;1-12-17(18(27)25-16(11-21)19(28)29-3)13(2)24-20(23-12)22-9-5-7-14-6-4-8-15(26)10-14/h7,10,12,16-19,28,42-43H,8-9,11,13-15,20H2,1-6H3,(H,37,47)(H,38,44)(H,41,45)(H,36,39,40);4,6,8,10,16,26H,5,7,9,11,21H2,1-3H3,(H,25,27)(H,22,23,24)/t28-;16-/m00/s1. The molecule has 3 aromatic carbocycles. The van der Waals surface area contributed by atoms with E-state index in [0.717, 1.165) is 43.9 Å². The van der Waals surface area contributed by atoms with Gasteiger partial charge in [-0.05, 0) is 128 Å². The largest absolute Gasteiger partial charge is 0.508 e. The second-order valence-corrected chi connectivity index (χ2v) is 19.0. The summed E-state index contributed by atoms with van der Waals surface area (Å²) in [4.78, 5) is 92.3. The van der Waals surface area contributed by atoms with Crippen LogP contribution in [0.4, 0.5) is 16.7 Å². The maximum Gasteiger partial charge on any atom is 0.407 e. The summed E-state index contributed by atoms with van der Waals surface area (Å²) in [6.07, 6.45) is 3.00. The Balaban J connectivity index is 0.000000392. The van der Waals surface area contributed by atoms with Gasteiger partial charge in [-0.2, -0.15) is 0 Å². The second kappa shape index (κ2) is 30.8. The number of benzene rings is 3. The molecule has 79 heavy (non-hydrogen) atoms. The van der Waals surface area contributed by atoms with Gasteiger partial charge in [0.2, 0.25) is 11.9 Å². The number of amides is 4. The number of aryl methyl sites for hydroxylation is 6. The van der Waals surface area contributed by atoms with E-state index in [-0.39, 0.29) is 60.4 Å². The highest BCUT2D eigenvalue weighted by Crippen LogP contribution is 2.23. The number of phenolic OH excluding ortho intramolecular Hbond substituents is 3. The van der Waals surface area contributed by atoms with Gasteiger partial charge in [-0.1, -0.05) is 24.3 Å². The number of hydrogen-bond acceptors (Lipinski definition) is 20. The molecule has 0 radical (unpaired) electrons. The predicted molar refractivity (Wildman–Crippen MR) is 293 cm³/mol. The van der Waals surface area contributed by atoms with E-state index in [1.165, 1.54) is 25.3 Å². The maximum atomic E-state index is 13.3. The Hall–Kier alpha value is -8.80. The van der Waals surface area contributed by atoms with Crippen molar-refractivity contribution in [1.29, 1.82) is 0 Å². The molecule has 2 atom stereocenters. The zero-order valence-corrected chi connectivity index (χ0v) is 46.1. The fourth-order valence-corrected chi connectivity index (χ4v) is 7.67. The number of carbonyl (C=O) groups is 6. The van der Waals surface area contributed by atoms with E-state index in [2.05, 4.69) is 56.6 Å². The van der Waals surface area contributed by atoms with Gasteiger partial charge in [-0.15, -0.1) is 0 Å². The number of esters is 2. The molecule has 24 nitrogen and oxygen atoms in total. The van der Waals surface area contributed by atoms with Gasteiger partial charge < -0.3 is 71.9 Å². The first-order chi connectivity index (χ1) is 37.5. The normalized spacial score (nSPS) is 11.6. The summed E-state index contributed by atoms with van der Waals surface area (Å²) in [5, 5.41) is 45.9. The first-order valence-electron chi connectivity index (χ1n) is 25.4. The summed E-state index contributed by atoms with van der Waals surface area (Å²) in [5.74, 6) is -1.92. The van der Waals surface area contributed by atoms with E-state index in [9.17, 15) is 44.1 Å². The molecule has 426 valence electrons. The highest BCUT2D eigenvalue weighted by Gasteiger charge is 2.27. The second-order valence-electron chi connectivity index (χ2n) is 19.0. The van der Waals surface area contributed by atoms with Crippen molar-refractivity contribution in [3.05, 3.63) is 117 Å². The van der Waals surface area contributed by atoms with E-state index in [0.29, 0.717) is 59.7 Å². The SMILES string of the molecule is COC(=O)[C@H](CN)NC(=O)c1c(C)nc(NCCCc2cccc(O)c2)nc1C.COC(=O)[C@H](CNC(=O)c1cc(O)cc(OCCCNC(=O)OC(C)(C)C)c1)NC(=O)c1c(C)nc(NCCCc2cccc(O)c2)nc1C. The molecule has 0 bridgehead atoms. The molecule has 0 aliphatic rings. The average Bonchev–Trinajstić information content (AvgIpc) is 3.39. The minimum atomic E-state index is -1.25. The van der Waals surface area contributed by atoms with E-state index < -0.39 is 53.4 Å². The number of hydrogen-bond donors (Lipinski definition) is 10. The number of methoxy groups -OCH3 is 2. The molecule has 11 N–H and O–H groups in total. The van der Waals surface area contributed by atoms with Crippen molar-refractivity contribution >= 4 is 47.7 Å². The summed E-state index contributed by atoms with van der Waals surface area (Å²) in [7, 11) is 2.39. The van der Waals surface area contributed by atoms with Gasteiger partial charge in [0.25, 0.3) is 17.7 Å². The minimum absolute atomic E-state index is 0.0481. The number of phenols is 3. The zero-order chi connectivity index (χ0) is 58.2. The highest BCUT2D eigenvalue weighted by molar-refractivity contribution is 6.00. The molecule has 0 spiro atoms. The molecule has 4 amide bonds. The molecular weight excluding hydrogens is 1020 g/mol. The molecule has 0 aliphatic heterocycles. The summed E-state index contributed by atoms with van der Waals surface area (Å²) in [6.45, 7) is 13.3. The molecule has 0 aliphatic carbocycles. The van der Waals surface area contributed by atoms with Crippen molar-refractivity contribution < 1.29 is 63.0 Å². The van der Waals surface area contributed by atoms with Crippen LogP contribution < -0.4 is 42.4 Å². The summed E-state index contributed by atoms with van der Waals surface area (Å²) in [6, 6.07) is 16.0. The molecule has 5 aromatic rings. The molecule has 2 aromatic heterocycles. The Kier molecular flexibility index (Phi) is 24.5. The van der Waals surface area contributed by atoms with Gasteiger partial charge in [0, 0.05) is 44.4 Å². The van der Waals surface area contributed by atoms with Crippen LogP contribution in [-0.2, 0) is 36.6 Å². The van der Waals surface area contributed by atoms with E-state index in [4.69, 9.17) is 19.9 Å². The number of aromatic hydroxyl groups is 3. The first kappa shape index (κ1) is 62.7. The van der Waals surface area contributed by atoms with E-state index in [1.54, 1.807) is 78.8 Å². The number of rotatable bonds is 25. The Bertz CT molecular complexity index is 2850. The van der Waals surface area contributed by atoms with Crippen molar-refractivity contribution in [2.45, 2.75) is 98.3 Å². The van der Waals surface area contributed by atoms with E-state index in [1.807, 2.05) is 18.2 Å². The average molecular weight is 1100 g/mol. The fraction of sp³-hybridized carbons (Fsp3) is 0.418. The first-order valence-corrected chi connectivity index (χ1v) is 25.4. The quantitative estimate of drug-likeness (QED) is 0.0216. The molecular formula is C55H73N11O13. The lowest BCUT2D eigenvalue weighted by Gasteiger charge is -2.19. The van der Waals surface area contributed by atoms with Crippen molar-refractivity contribution in [1.82, 2.24) is 41.2 Å². The van der Waals surface area contributed by atoms with Crippen molar-refractivity contribution in [2.24, 2.45) is 5.73 Å². The molecule has 0 saturated heterocycles. The van der Waals surface area contributed by atoms with Crippen LogP contribution in [0.25, 0.3) is 0 Å². The monoisotopic (exact) mass is 1100 g/mol. The van der Waals surface area contributed by atoms with Crippen LogP contribution in [0.15, 0.2) is 66.7 Å². The number of nitrogens with one attached hydrogen (secondary N) is 6. The zero-order valence-electron chi connectivity index (χ0n) is 46.1. The fourth-order valence-electron chi connectivity index (χ4n) is 7.67. The lowest BCUT2D eigenvalue weighted by atomic mass is 10.1. The number of aromatic nitrogens is 4. The third-order valence-corrected chi connectivity index (χ3v) is 11.4. The minimum Gasteiger partial charge on any atom is -0.508 e. The number of nitrogens with zero attached hydrogens (tertiary/aromatic N) is 4. The Labute approximate surface area is 459 Å². The van der Waals surface area contributed by atoms with Crippen molar-refractivity contribution in [2.75, 3.05) is 64.2 Å². The van der Waals surface area contributed by atoms with Gasteiger partial charge >= 0.3 is 18.0 Å². The van der Waals surface area contributed by atoms with Crippen LogP contribution in [0.1, 0.15) is 105 Å². The molecule has 5 rings (SSSR count). The molecule has 24 heteroatoms. The van der Waals surface area contributed by atoms with Crippen LogP contribution in [0, 0.1) is 27.7 Å². The van der Waals surface area contributed by atoms with Gasteiger partial charge in [-0.25, -0.2) is 34.3 Å². The molecule has 2 heterocycles. The predicted octanol–water partition coefficient (Wildman–Crippen LogP) is 4.62. The summed E-state index contributed by atoms with van der Waals surface area (Å²) >= 11 is 0. The van der Waals surface area contributed by atoms with Crippen LogP contribution in [0.2, 0.25) is 0 Å². The summed E-state index contributed by atoms with van der Waals surface area (Å²) < 4.78 is 20.3. The topological polar surface area (TPSA) is 350 Å². The van der Waals surface area contributed by atoms with Crippen LogP contribution in [0.5, 0.6) is 23.0 Å². The van der Waals surface area contributed by atoms with Crippen molar-refractivity contribution in [3.63, 3.8) is 0 Å². The lowest BCUT2D eigenvalue weighted by molar-refractivity contribution is -0.143. The van der Waals surface area contributed by atoms with Crippen LogP contribution in [-0.4, -0.2) is 142 Å². The van der Waals surface area contributed by atoms with Gasteiger partial charge in [-0.3, -0.25) is 14.4 Å². The number of carbonyl (C=O) groups excluding carboxylic acids is 6. The third kappa shape index (κ3) is 21.3. The van der Waals surface area contributed by atoms with Gasteiger partial charge in [0.05, 0.1) is 54.7 Å². The summed E-state index contributed by atoms with van der Waals surface area (Å²) in [5.41, 5.74) is 9.23. The van der Waals surface area contributed by atoms with Crippen molar-refractivity contribution in [3.8, 4) is 23.0 Å². The molecule has 0 unspecified atom stereocenters. The Morgan fingerprint density at radius 1 is 0.595 bits per heavy atom. The van der Waals surface area contributed by atoms with Gasteiger partial charge in [0.1, 0.15) is 40.7 Å². The van der Waals surface area contributed by atoms with Gasteiger partial charge in [0.15, 0.2) is 0 Å².